The molecule has 2 amide bonds. The summed E-state index contributed by atoms with van der Waals surface area (Å²) < 4.78 is 17.0. The van der Waals surface area contributed by atoms with Crippen molar-refractivity contribution in [2.24, 2.45) is 0 Å². The number of hydrogen-bond donors (Lipinski definition) is 0. The number of ether oxygens (including phenoxy) is 3. The Morgan fingerprint density at radius 2 is 2.04 bits per heavy atom. The van der Waals surface area contributed by atoms with Crippen LogP contribution in [0.1, 0.15) is 32.8 Å². The number of halogens is 1. The average Bonchev–Trinajstić information content (AvgIpc) is 2.87. The first kappa shape index (κ1) is 22.5. The molecule has 0 saturated carbocycles. The van der Waals surface area contributed by atoms with E-state index in [1.165, 1.54) is 0 Å². The molecule has 2 rings (SSSR count). The maximum atomic E-state index is 12.5. The van der Waals surface area contributed by atoms with Gasteiger partial charge in [0.2, 0.25) is 0 Å². The number of nitrogens with zero attached hydrogens (tertiary/aromatic N) is 1. The van der Waals surface area contributed by atoms with Gasteiger partial charge < -0.3 is 14.2 Å². The predicted molar refractivity (Wildman–Crippen MR) is 115 cm³/mol. The highest BCUT2D eigenvalue weighted by Gasteiger charge is 2.36. The third-order valence-corrected chi connectivity index (χ3v) is 5.24. The third-order valence-electron chi connectivity index (χ3n) is 3.53. The molecule has 0 radical (unpaired) electrons. The first-order valence-electron chi connectivity index (χ1n) is 8.72. The Hall–Kier alpha value is -1.75. The Morgan fingerprint density at radius 3 is 2.64 bits per heavy atom. The van der Waals surface area contributed by atoms with Crippen LogP contribution in [0.25, 0.3) is 6.08 Å². The van der Waals surface area contributed by atoms with E-state index in [4.69, 9.17) is 14.2 Å². The lowest BCUT2D eigenvalue weighted by Gasteiger charge is -2.14. The van der Waals surface area contributed by atoms with E-state index in [2.05, 4.69) is 22.6 Å². The molecule has 0 unspecified atom stereocenters. The van der Waals surface area contributed by atoms with Crippen LogP contribution in [0.2, 0.25) is 0 Å². The lowest BCUT2D eigenvalue weighted by atomic mass is 10.2. The molecule has 1 aromatic carbocycles. The topological polar surface area (TPSA) is 82.1 Å². The highest BCUT2D eigenvalue weighted by Crippen LogP contribution is 2.37. The minimum absolute atomic E-state index is 0.238. The van der Waals surface area contributed by atoms with Gasteiger partial charge in [-0.15, -0.1) is 0 Å². The molecule has 0 spiro atoms. The summed E-state index contributed by atoms with van der Waals surface area (Å²) in [6.07, 6.45) is 2.16. The van der Waals surface area contributed by atoms with E-state index >= 15 is 0 Å². The molecule has 1 aromatic rings. The van der Waals surface area contributed by atoms with Gasteiger partial charge in [-0.2, -0.15) is 0 Å². The molecule has 7 nitrogen and oxygen atoms in total. The van der Waals surface area contributed by atoms with Crippen LogP contribution in [-0.4, -0.2) is 48.4 Å². The molecule has 1 fully saturated rings. The number of amides is 2. The van der Waals surface area contributed by atoms with Crippen molar-refractivity contribution in [3.63, 3.8) is 0 Å². The van der Waals surface area contributed by atoms with Gasteiger partial charge in [0.25, 0.3) is 11.1 Å². The van der Waals surface area contributed by atoms with Gasteiger partial charge in [-0.3, -0.25) is 19.3 Å². The number of carbonyl (C=O) groups excluding carboxylic acids is 3. The lowest BCUT2D eigenvalue weighted by molar-refractivity contribution is -0.149. The van der Waals surface area contributed by atoms with Gasteiger partial charge in [-0.05, 0) is 78.4 Å². The first-order valence-corrected chi connectivity index (χ1v) is 10.6. The molecule has 0 aliphatic carbocycles. The van der Waals surface area contributed by atoms with Crippen LogP contribution in [0.15, 0.2) is 17.0 Å². The molecule has 0 aromatic heterocycles. The number of methoxy groups -OCH3 is 1. The van der Waals surface area contributed by atoms with Crippen LogP contribution in [0.5, 0.6) is 11.5 Å². The molecule has 9 heteroatoms. The van der Waals surface area contributed by atoms with E-state index in [0.29, 0.717) is 23.7 Å². The molecule has 152 valence electrons. The Labute approximate surface area is 181 Å². The first-order chi connectivity index (χ1) is 13.3. The second-order valence-corrected chi connectivity index (χ2v) is 8.34. The van der Waals surface area contributed by atoms with Crippen LogP contribution >= 0.6 is 34.4 Å². The van der Waals surface area contributed by atoms with Crippen molar-refractivity contribution in [2.75, 3.05) is 20.3 Å². The number of thioether (sulfide) groups is 1. The van der Waals surface area contributed by atoms with Crippen LogP contribution < -0.4 is 9.47 Å². The fourth-order valence-electron chi connectivity index (χ4n) is 2.38. The molecule has 28 heavy (non-hydrogen) atoms. The Kier molecular flexibility index (Phi) is 8.17. The van der Waals surface area contributed by atoms with E-state index in [1.54, 1.807) is 33.1 Å². The van der Waals surface area contributed by atoms with Crippen molar-refractivity contribution in [3.05, 3.63) is 26.2 Å². The van der Waals surface area contributed by atoms with Gasteiger partial charge in [-0.1, -0.05) is 6.92 Å². The van der Waals surface area contributed by atoms with Gasteiger partial charge in [0.05, 0.1) is 28.3 Å². The summed E-state index contributed by atoms with van der Waals surface area (Å²) in [6.45, 7) is 5.59. The summed E-state index contributed by atoms with van der Waals surface area (Å²) >= 11 is 2.93. The van der Waals surface area contributed by atoms with Crippen molar-refractivity contribution in [2.45, 2.75) is 33.3 Å². The quantitative estimate of drug-likeness (QED) is 0.291. The van der Waals surface area contributed by atoms with Crippen molar-refractivity contribution in [1.29, 1.82) is 0 Å². The van der Waals surface area contributed by atoms with Crippen LogP contribution in [0.3, 0.4) is 0 Å². The van der Waals surface area contributed by atoms with Crippen molar-refractivity contribution < 1.29 is 28.6 Å². The highest BCUT2D eigenvalue weighted by molar-refractivity contribution is 14.1. The fraction of sp³-hybridized carbons (Fsp3) is 0.421. The average molecular weight is 519 g/mol. The summed E-state index contributed by atoms with van der Waals surface area (Å²) in [6, 6.07) is 3.59. The largest absolute Gasteiger partial charge is 0.493 e. The highest BCUT2D eigenvalue weighted by atomic mass is 127. The second kappa shape index (κ2) is 10.1. The zero-order valence-corrected chi connectivity index (χ0v) is 19.1. The van der Waals surface area contributed by atoms with Crippen molar-refractivity contribution >= 4 is 57.5 Å². The zero-order valence-electron chi connectivity index (χ0n) is 16.1. The van der Waals surface area contributed by atoms with Crippen LogP contribution in [0, 0.1) is 3.57 Å². The fourth-order valence-corrected chi connectivity index (χ4v) is 4.00. The molecule has 0 atom stereocenters. The molecule has 1 aliphatic rings. The zero-order chi connectivity index (χ0) is 20.8. The van der Waals surface area contributed by atoms with Crippen molar-refractivity contribution in [3.8, 4) is 11.5 Å². The van der Waals surface area contributed by atoms with E-state index in [9.17, 15) is 14.4 Å². The van der Waals surface area contributed by atoms with Gasteiger partial charge in [0.1, 0.15) is 6.54 Å². The molecular weight excluding hydrogens is 497 g/mol. The maximum absolute atomic E-state index is 12.5. The van der Waals surface area contributed by atoms with Gasteiger partial charge in [0.15, 0.2) is 11.5 Å². The molecular formula is C19H22INO6S. The second-order valence-electron chi connectivity index (χ2n) is 6.19. The Bertz CT molecular complexity index is 808. The SMILES string of the molecule is CCCOc1c(I)cc(/C=C2\SC(=O)N(CC(=O)OC(C)C)C2=O)cc1OC. The smallest absolute Gasteiger partial charge is 0.326 e. The number of imide groups is 1. The minimum Gasteiger partial charge on any atom is -0.493 e. The number of benzene rings is 1. The third kappa shape index (κ3) is 5.63. The molecule has 1 aliphatic heterocycles. The summed E-state index contributed by atoms with van der Waals surface area (Å²) in [4.78, 5) is 37.6. The summed E-state index contributed by atoms with van der Waals surface area (Å²) in [5.74, 6) is 0.0566. The number of esters is 1. The predicted octanol–water partition coefficient (Wildman–Crippen LogP) is 4.08. The van der Waals surface area contributed by atoms with Crippen molar-refractivity contribution in [1.82, 2.24) is 4.90 Å². The number of carbonyl (C=O) groups is 3. The van der Waals surface area contributed by atoms with E-state index < -0.39 is 23.7 Å². The summed E-state index contributed by atoms with van der Waals surface area (Å²) in [5, 5.41) is -0.499. The standard InChI is InChI=1S/C19H22INO6S/c1-5-6-26-17-13(20)7-12(8-14(17)25-4)9-15-18(23)21(19(24)28-15)10-16(22)27-11(2)3/h7-9,11H,5-6,10H2,1-4H3/b15-9-. The monoisotopic (exact) mass is 519 g/mol. The molecule has 0 bridgehead atoms. The number of hydrogen-bond acceptors (Lipinski definition) is 7. The Balaban J connectivity index is 2.23. The van der Waals surface area contributed by atoms with Gasteiger partial charge in [0, 0.05) is 0 Å². The Morgan fingerprint density at radius 1 is 1.32 bits per heavy atom. The molecule has 1 saturated heterocycles. The summed E-state index contributed by atoms with van der Waals surface area (Å²) in [5.41, 5.74) is 0.695. The minimum atomic E-state index is -0.618. The lowest BCUT2D eigenvalue weighted by Crippen LogP contribution is -2.35. The summed E-state index contributed by atoms with van der Waals surface area (Å²) in [7, 11) is 1.54. The van der Waals surface area contributed by atoms with Gasteiger partial charge in [-0.25, -0.2) is 0 Å². The number of rotatable bonds is 8. The van der Waals surface area contributed by atoms with E-state index in [1.807, 2.05) is 13.0 Å². The normalized spacial score (nSPS) is 15.5. The van der Waals surface area contributed by atoms with E-state index in [-0.39, 0.29) is 11.0 Å². The molecule has 1 heterocycles. The van der Waals surface area contributed by atoms with E-state index in [0.717, 1.165) is 26.7 Å². The molecule has 0 N–H and O–H groups in total. The van der Waals surface area contributed by atoms with Gasteiger partial charge >= 0.3 is 5.97 Å². The van der Waals surface area contributed by atoms with Crippen LogP contribution in [0.4, 0.5) is 4.79 Å². The maximum Gasteiger partial charge on any atom is 0.326 e. The van der Waals surface area contributed by atoms with Crippen LogP contribution in [-0.2, 0) is 14.3 Å².